The van der Waals surface area contributed by atoms with E-state index in [0.29, 0.717) is 38.9 Å². The summed E-state index contributed by atoms with van der Waals surface area (Å²) in [4.78, 5) is 46.4. The number of carbonyl (C=O) groups excluding carboxylic acids is 3. The summed E-state index contributed by atoms with van der Waals surface area (Å²) in [5, 5.41) is 2.91. The molecule has 9 nitrogen and oxygen atoms in total. The van der Waals surface area contributed by atoms with Crippen LogP contribution in [0.15, 0.2) is 47.3 Å². The van der Waals surface area contributed by atoms with Crippen molar-refractivity contribution in [2.24, 2.45) is 5.92 Å². The SMILES string of the molecule is CC(C)CC(=O)N1CCC2(CC1)OCC(C(=O)NCc1ccncc1)N2C(=O)c1ccco1. The minimum atomic E-state index is -0.947. The van der Waals surface area contributed by atoms with Gasteiger partial charge in [0.25, 0.3) is 5.91 Å². The summed E-state index contributed by atoms with van der Waals surface area (Å²) < 4.78 is 11.5. The van der Waals surface area contributed by atoms with Crippen LogP contribution in [0.1, 0.15) is 49.2 Å². The minimum Gasteiger partial charge on any atom is -0.459 e. The lowest BCUT2D eigenvalue weighted by Gasteiger charge is -2.44. The molecule has 0 aliphatic carbocycles. The Morgan fingerprint density at radius 2 is 1.91 bits per heavy atom. The Morgan fingerprint density at radius 1 is 1.18 bits per heavy atom. The highest BCUT2D eigenvalue weighted by atomic mass is 16.5. The van der Waals surface area contributed by atoms with Crippen molar-refractivity contribution in [3.8, 4) is 0 Å². The van der Waals surface area contributed by atoms with Crippen molar-refractivity contribution in [3.05, 3.63) is 54.2 Å². The zero-order chi connectivity index (χ0) is 23.4. The Morgan fingerprint density at radius 3 is 2.55 bits per heavy atom. The topological polar surface area (TPSA) is 105 Å². The van der Waals surface area contributed by atoms with Crippen LogP contribution in [0.5, 0.6) is 0 Å². The van der Waals surface area contributed by atoms with Gasteiger partial charge in [-0.25, -0.2) is 0 Å². The number of likely N-dealkylation sites (tertiary alicyclic amines) is 1. The molecular formula is C24H30N4O5. The van der Waals surface area contributed by atoms with Crippen LogP contribution in [-0.2, 0) is 20.9 Å². The van der Waals surface area contributed by atoms with Gasteiger partial charge in [-0.3, -0.25) is 24.3 Å². The van der Waals surface area contributed by atoms with Crippen LogP contribution < -0.4 is 5.32 Å². The highest BCUT2D eigenvalue weighted by Crippen LogP contribution is 2.38. The lowest BCUT2D eigenvalue weighted by atomic mass is 9.96. The van der Waals surface area contributed by atoms with Crippen LogP contribution >= 0.6 is 0 Å². The van der Waals surface area contributed by atoms with Gasteiger partial charge in [0.15, 0.2) is 5.76 Å². The van der Waals surface area contributed by atoms with Crippen LogP contribution in [0.4, 0.5) is 0 Å². The third-order valence-corrected chi connectivity index (χ3v) is 6.21. The summed E-state index contributed by atoms with van der Waals surface area (Å²) in [6.45, 7) is 5.39. The number of hydrogen-bond acceptors (Lipinski definition) is 6. The molecule has 33 heavy (non-hydrogen) atoms. The van der Waals surface area contributed by atoms with Gasteiger partial charge >= 0.3 is 0 Å². The molecule has 0 radical (unpaired) electrons. The van der Waals surface area contributed by atoms with Crippen molar-refractivity contribution < 1.29 is 23.5 Å². The molecular weight excluding hydrogens is 424 g/mol. The number of piperidine rings is 1. The van der Waals surface area contributed by atoms with Crippen molar-refractivity contribution in [3.63, 3.8) is 0 Å². The predicted molar refractivity (Wildman–Crippen MR) is 119 cm³/mol. The van der Waals surface area contributed by atoms with E-state index in [1.807, 2.05) is 30.9 Å². The average Bonchev–Trinajstić information content (AvgIpc) is 3.47. The molecule has 2 aliphatic rings. The number of ether oxygens (including phenoxy) is 1. The quantitative estimate of drug-likeness (QED) is 0.718. The van der Waals surface area contributed by atoms with E-state index in [1.54, 1.807) is 24.5 Å². The second-order valence-corrected chi connectivity index (χ2v) is 8.98. The van der Waals surface area contributed by atoms with Gasteiger partial charge in [-0.05, 0) is 35.7 Å². The number of furan rings is 1. The van der Waals surface area contributed by atoms with E-state index >= 15 is 0 Å². The number of nitrogens with zero attached hydrogens (tertiary/aromatic N) is 3. The monoisotopic (exact) mass is 454 g/mol. The maximum Gasteiger partial charge on any atom is 0.292 e. The first-order chi connectivity index (χ1) is 15.9. The maximum atomic E-state index is 13.4. The number of carbonyl (C=O) groups is 3. The molecule has 176 valence electrons. The molecule has 4 rings (SSSR count). The lowest BCUT2D eigenvalue weighted by molar-refractivity contribution is -0.144. The molecule has 1 N–H and O–H groups in total. The van der Waals surface area contributed by atoms with Crippen molar-refractivity contribution >= 4 is 17.7 Å². The molecule has 1 spiro atoms. The van der Waals surface area contributed by atoms with Gasteiger partial charge in [-0.15, -0.1) is 0 Å². The molecule has 3 amide bonds. The zero-order valence-corrected chi connectivity index (χ0v) is 19.0. The van der Waals surface area contributed by atoms with Crippen LogP contribution in [0.2, 0.25) is 0 Å². The molecule has 2 saturated heterocycles. The highest BCUT2D eigenvalue weighted by molar-refractivity contribution is 5.96. The number of nitrogens with one attached hydrogen (secondary N) is 1. The highest BCUT2D eigenvalue weighted by Gasteiger charge is 2.54. The van der Waals surface area contributed by atoms with E-state index in [4.69, 9.17) is 9.15 Å². The fourth-order valence-corrected chi connectivity index (χ4v) is 4.48. The smallest absolute Gasteiger partial charge is 0.292 e. The van der Waals surface area contributed by atoms with E-state index < -0.39 is 11.8 Å². The van der Waals surface area contributed by atoms with E-state index in [9.17, 15) is 14.4 Å². The Labute approximate surface area is 193 Å². The van der Waals surface area contributed by atoms with Gasteiger partial charge in [0.2, 0.25) is 11.8 Å². The molecule has 1 atom stereocenters. The van der Waals surface area contributed by atoms with Gasteiger partial charge in [-0.2, -0.15) is 0 Å². The van der Waals surface area contributed by atoms with Crippen LogP contribution in [0.3, 0.4) is 0 Å². The fourth-order valence-electron chi connectivity index (χ4n) is 4.48. The van der Waals surface area contributed by atoms with Gasteiger partial charge in [0.05, 0.1) is 12.9 Å². The summed E-state index contributed by atoms with van der Waals surface area (Å²) in [7, 11) is 0. The third-order valence-electron chi connectivity index (χ3n) is 6.21. The van der Waals surface area contributed by atoms with E-state index in [2.05, 4.69) is 10.3 Å². The first-order valence-electron chi connectivity index (χ1n) is 11.3. The molecule has 0 bridgehead atoms. The average molecular weight is 455 g/mol. The van der Waals surface area contributed by atoms with Crippen molar-refractivity contribution in [1.82, 2.24) is 20.1 Å². The van der Waals surface area contributed by atoms with Crippen molar-refractivity contribution in [1.29, 1.82) is 0 Å². The van der Waals surface area contributed by atoms with E-state index in [1.165, 1.54) is 11.2 Å². The van der Waals surface area contributed by atoms with E-state index in [0.717, 1.165) is 5.56 Å². The third kappa shape index (κ3) is 4.93. The number of hydrogen-bond donors (Lipinski definition) is 1. The first-order valence-corrected chi connectivity index (χ1v) is 11.3. The fraction of sp³-hybridized carbons (Fsp3) is 0.500. The zero-order valence-electron chi connectivity index (χ0n) is 19.0. The normalized spacial score (nSPS) is 19.8. The molecule has 0 aromatic carbocycles. The number of amides is 3. The van der Waals surface area contributed by atoms with Crippen LogP contribution in [0, 0.1) is 5.92 Å². The molecule has 2 aliphatic heterocycles. The Hall–Kier alpha value is -3.20. The predicted octanol–water partition coefficient (Wildman–Crippen LogP) is 2.20. The Bertz CT molecular complexity index is 968. The molecule has 4 heterocycles. The van der Waals surface area contributed by atoms with Gasteiger partial charge in [0, 0.05) is 51.3 Å². The number of pyridine rings is 1. The molecule has 2 aromatic heterocycles. The van der Waals surface area contributed by atoms with Crippen LogP contribution in [-0.4, -0.2) is 64.0 Å². The van der Waals surface area contributed by atoms with Gasteiger partial charge in [0.1, 0.15) is 11.8 Å². The Balaban J connectivity index is 1.51. The van der Waals surface area contributed by atoms with Gasteiger partial charge in [-0.1, -0.05) is 13.8 Å². The van der Waals surface area contributed by atoms with Crippen molar-refractivity contribution in [2.75, 3.05) is 19.7 Å². The van der Waals surface area contributed by atoms with Crippen LogP contribution in [0.25, 0.3) is 0 Å². The van der Waals surface area contributed by atoms with E-state index in [-0.39, 0.29) is 36.0 Å². The van der Waals surface area contributed by atoms with Crippen molar-refractivity contribution in [2.45, 2.75) is 51.4 Å². The Kier molecular flexibility index (Phi) is 6.78. The maximum absolute atomic E-state index is 13.4. The molecule has 2 fully saturated rings. The van der Waals surface area contributed by atoms with Gasteiger partial charge < -0.3 is 19.4 Å². The summed E-state index contributed by atoms with van der Waals surface area (Å²) in [5.74, 6) is -0.134. The summed E-state index contributed by atoms with van der Waals surface area (Å²) in [5.41, 5.74) is -0.0372. The number of aromatic nitrogens is 1. The lowest BCUT2D eigenvalue weighted by Crippen LogP contribution is -2.59. The summed E-state index contributed by atoms with van der Waals surface area (Å²) in [6.07, 6.45) is 6.13. The largest absolute Gasteiger partial charge is 0.459 e. The standard InChI is InChI=1S/C24H30N4O5/c1-17(2)14-21(29)27-11-7-24(8-12-27)28(23(31)20-4-3-13-32-20)19(16-33-24)22(30)26-15-18-5-9-25-10-6-18/h3-6,9-10,13,17,19H,7-8,11-12,14-16H2,1-2H3,(H,26,30). The minimum absolute atomic E-state index is 0.0918. The molecule has 9 heteroatoms. The molecule has 0 saturated carbocycles. The summed E-state index contributed by atoms with van der Waals surface area (Å²) >= 11 is 0. The second kappa shape index (κ2) is 9.74. The number of rotatable bonds is 6. The molecule has 1 unspecified atom stereocenters. The summed E-state index contributed by atoms with van der Waals surface area (Å²) in [6, 6.07) is 6.08. The first kappa shape index (κ1) is 23.0. The molecule has 2 aromatic rings. The second-order valence-electron chi connectivity index (χ2n) is 8.98.